The van der Waals surface area contributed by atoms with Gasteiger partial charge in [-0.3, -0.25) is 9.59 Å². The minimum atomic E-state index is -1.58. The maximum absolute atomic E-state index is 12.8. The molecule has 35 heavy (non-hydrogen) atoms. The highest BCUT2D eigenvalue weighted by atomic mass is 16.5. The summed E-state index contributed by atoms with van der Waals surface area (Å²) in [7, 11) is 0. The van der Waals surface area contributed by atoms with Crippen LogP contribution < -0.4 is 10.6 Å². The third kappa shape index (κ3) is 6.39. The van der Waals surface area contributed by atoms with E-state index in [1.54, 1.807) is 6.92 Å². The van der Waals surface area contributed by atoms with E-state index in [2.05, 4.69) is 22.8 Å². The first-order valence-electron chi connectivity index (χ1n) is 11.8. The Morgan fingerprint density at radius 2 is 1.54 bits per heavy atom. The molecular formula is C27H34N2O6. The largest absolute Gasteiger partial charge is 0.481 e. The molecular weight excluding hydrogens is 448 g/mol. The van der Waals surface area contributed by atoms with E-state index < -0.39 is 36.0 Å². The van der Waals surface area contributed by atoms with Crippen molar-refractivity contribution in [3.63, 3.8) is 0 Å². The smallest absolute Gasteiger partial charge is 0.407 e. The first-order valence-corrected chi connectivity index (χ1v) is 11.8. The van der Waals surface area contributed by atoms with Crippen LogP contribution in [0.1, 0.15) is 51.2 Å². The van der Waals surface area contributed by atoms with Gasteiger partial charge in [-0.05, 0) is 42.0 Å². The molecule has 8 heteroatoms. The summed E-state index contributed by atoms with van der Waals surface area (Å²) in [6.45, 7) is 6.75. The average Bonchev–Trinajstić information content (AvgIpc) is 3.09. The van der Waals surface area contributed by atoms with Gasteiger partial charge in [0.15, 0.2) is 0 Å². The summed E-state index contributed by atoms with van der Waals surface area (Å²) in [6.07, 6.45) is -1.11. The van der Waals surface area contributed by atoms with Gasteiger partial charge >= 0.3 is 12.1 Å². The number of aliphatic carboxylic acids is 1. The Morgan fingerprint density at radius 1 is 1.00 bits per heavy atom. The maximum atomic E-state index is 12.8. The Morgan fingerprint density at radius 3 is 2.06 bits per heavy atom. The quantitative estimate of drug-likeness (QED) is 0.411. The lowest BCUT2D eigenvalue weighted by atomic mass is 9.88. The van der Waals surface area contributed by atoms with Crippen molar-refractivity contribution in [3.05, 3.63) is 59.7 Å². The number of rotatable bonds is 10. The fourth-order valence-corrected chi connectivity index (χ4v) is 4.81. The number of carbonyl (C=O) groups excluding carboxylic acids is 2. The van der Waals surface area contributed by atoms with Crippen molar-refractivity contribution in [1.29, 1.82) is 0 Å². The second-order valence-corrected chi connectivity index (χ2v) is 9.81. The Balaban J connectivity index is 1.60. The van der Waals surface area contributed by atoms with Crippen LogP contribution in [0.25, 0.3) is 11.1 Å². The Labute approximate surface area is 205 Å². The molecule has 2 amide bonds. The monoisotopic (exact) mass is 482 g/mol. The number of alkyl carbamates (subject to hydrolysis) is 1. The number of hydrogen-bond acceptors (Lipinski definition) is 5. The second-order valence-electron chi connectivity index (χ2n) is 9.81. The van der Waals surface area contributed by atoms with Crippen LogP contribution in [0.15, 0.2) is 48.5 Å². The SMILES string of the molecule is CC(C)C(C(=O)NCC(C)(O)CC(=O)O)C(C)NC(=O)OCC1c2ccccc2-c2ccccc21. The summed E-state index contributed by atoms with van der Waals surface area (Å²) in [5, 5.41) is 24.5. The van der Waals surface area contributed by atoms with Gasteiger partial charge in [-0.1, -0.05) is 62.4 Å². The van der Waals surface area contributed by atoms with Crippen LogP contribution >= 0.6 is 0 Å². The molecule has 0 spiro atoms. The van der Waals surface area contributed by atoms with E-state index in [4.69, 9.17) is 9.84 Å². The third-order valence-corrected chi connectivity index (χ3v) is 6.42. The number of amides is 2. The molecule has 2 aromatic carbocycles. The lowest BCUT2D eigenvalue weighted by Gasteiger charge is -2.29. The number of carbonyl (C=O) groups is 3. The number of nitrogens with one attached hydrogen (secondary N) is 2. The van der Waals surface area contributed by atoms with E-state index in [9.17, 15) is 19.5 Å². The molecule has 4 N–H and O–H groups in total. The van der Waals surface area contributed by atoms with Gasteiger partial charge in [-0.25, -0.2) is 4.79 Å². The number of benzene rings is 2. The highest BCUT2D eigenvalue weighted by molar-refractivity contribution is 5.81. The molecule has 0 aliphatic heterocycles. The zero-order valence-electron chi connectivity index (χ0n) is 20.6. The van der Waals surface area contributed by atoms with Crippen molar-refractivity contribution in [2.45, 2.75) is 51.7 Å². The molecule has 3 rings (SSSR count). The zero-order chi connectivity index (χ0) is 25.8. The fourth-order valence-electron chi connectivity index (χ4n) is 4.81. The van der Waals surface area contributed by atoms with Crippen molar-refractivity contribution >= 4 is 18.0 Å². The normalized spacial score (nSPS) is 15.9. The minimum Gasteiger partial charge on any atom is -0.481 e. The second kappa shape index (κ2) is 10.9. The van der Waals surface area contributed by atoms with E-state index in [0.29, 0.717) is 0 Å². The topological polar surface area (TPSA) is 125 Å². The Bertz CT molecular complexity index is 1040. The number of aliphatic hydroxyl groups is 1. The van der Waals surface area contributed by atoms with Gasteiger partial charge in [0.25, 0.3) is 0 Å². The van der Waals surface area contributed by atoms with Gasteiger partial charge in [-0.2, -0.15) is 0 Å². The molecule has 1 aliphatic rings. The van der Waals surface area contributed by atoms with E-state index >= 15 is 0 Å². The maximum Gasteiger partial charge on any atom is 0.407 e. The van der Waals surface area contributed by atoms with E-state index in [-0.39, 0.29) is 30.9 Å². The van der Waals surface area contributed by atoms with Crippen molar-refractivity contribution in [2.24, 2.45) is 11.8 Å². The van der Waals surface area contributed by atoms with Gasteiger partial charge in [0.1, 0.15) is 6.61 Å². The number of hydrogen-bond donors (Lipinski definition) is 4. The van der Waals surface area contributed by atoms with Crippen LogP contribution in [0, 0.1) is 11.8 Å². The first kappa shape index (κ1) is 26.2. The Kier molecular flexibility index (Phi) is 8.17. The zero-order valence-corrected chi connectivity index (χ0v) is 20.6. The van der Waals surface area contributed by atoms with Gasteiger partial charge in [0, 0.05) is 18.5 Å². The van der Waals surface area contributed by atoms with Crippen LogP contribution in [0.2, 0.25) is 0 Å². The number of carboxylic acids is 1. The van der Waals surface area contributed by atoms with Gasteiger partial charge in [0.05, 0.1) is 17.9 Å². The molecule has 0 fully saturated rings. The average molecular weight is 483 g/mol. The highest BCUT2D eigenvalue weighted by Gasteiger charge is 2.33. The summed E-state index contributed by atoms with van der Waals surface area (Å²) in [6, 6.07) is 15.6. The molecule has 3 atom stereocenters. The number of fused-ring (bicyclic) bond motifs is 3. The summed E-state index contributed by atoms with van der Waals surface area (Å²) >= 11 is 0. The molecule has 0 saturated carbocycles. The van der Waals surface area contributed by atoms with Crippen molar-refractivity contribution in [3.8, 4) is 11.1 Å². The molecule has 0 saturated heterocycles. The van der Waals surface area contributed by atoms with E-state index in [1.807, 2.05) is 50.2 Å². The van der Waals surface area contributed by atoms with Crippen molar-refractivity contribution < 1.29 is 29.3 Å². The molecule has 0 bridgehead atoms. The number of carboxylic acid groups (broad SMARTS) is 1. The fraction of sp³-hybridized carbons (Fsp3) is 0.444. The minimum absolute atomic E-state index is 0.0656. The van der Waals surface area contributed by atoms with E-state index in [0.717, 1.165) is 22.3 Å². The molecule has 2 aromatic rings. The molecule has 3 unspecified atom stereocenters. The van der Waals surface area contributed by atoms with Gasteiger partial charge in [0.2, 0.25) is 5.91 Å². The van der Waals surface area contributed by atoms with Crippen LogP contribution in [-0.4, -0.2) is 53.0 Å². The molecule has 0 aromatic heterocycles. The number of ether oxygens (including phenoxy) is 1. The predicted octanol–water partition coefficient (Wildman–Crippen LogP) is 3.53. The molecule has 188 valence electrons. The highest BCUT2D eigenvalue weighted by Crippen LogP contribution is 2.44. The molecule has 1 aliphatic carbocycles. The molecule has 0 heterocycles. The predicted molar refractivity (Wildman–Crippen MR) is 132 cm³/mol. The van der Waals surface area contributed by atoms with Crippen LogP contribution in [0.5, 0.6) is 0 Å². The van der Waals surface area contributed by atoms with Crippen LogP contribution in [0.3, 0.4) is 0 Å². The molecule has 8 nitrogen and oxygen atoms in total. The lowest BCUT2D eigenvalue weighted by Crippen LogP contribution is -2.50. The van der Waals surface area contributed by atoms with Gasteiger partial charge < -0.3 is 25.6 Å². The van der Waals surface area contributed by atoms with Crippen LogP contribution in [-0.2, 0) is 14.3 Å². The lowest BCUT2D eigenvalue weighted by molar-refractivity contribution is -0.142. The van der Waals surface area contributed by atoms with E-state index in [1.165, 1.54) is 6.92 Å². The Hall–Kier alpha value is -3.39. The summed E-state index contributed by atoms with van der Waals surface area (Å²) in [4.78, 5) is 36.4. The molecule has 0 radical (unpaired) electrons. The summed E-state index contributed by atoms with van der Waals surface area (Å²) < 4.78 is 5.59. The summed E-state index contributed by atoms with van der Waals surface area (Å²) in [5.41, 5.74) is 2.93. The standard InChI is InChI=1S/C27H34N2O6/c1-16(2)24(25(32)28-15-27(4,34)13-23(30)31)17(3)29-26(33)35-14-22-20-11-7-5-9-18(20)19-10-6-8-12-21(19)22/h5-12,16-17,22,24,34H,13-15H2,1-4H3,(H,28,32)(H,29,33)(H,30,31). The van der Waals surface area contributed by atoms with Crippen LogP contribution in [0.4, 0.5) is 4.79 Å². The first-order chi connectivity index (χ1) is 16.5. The van der Waals surface area contributed by atoms with Crippen molar-refractivity contribution in [1.82, 2.24) is 10.6 Å². The van der Waals surface area contributed by atoms with Gasteiger partial charge in [-0.15, -0.1) is 0 Å². The van der Waals surface area contributed by atoms with Crippen molar-refractivity contribution in [2.75, 3.05) is 13.2 Å². The third-order valence-electron chi connectivity index (χ3n) is 6.42. The summed E-state index contributed by atoms with van der Waals surface area (Å²) in [5.74, 6) is -2.32.